The first-order chi connectivity index (χ1) is 10.4. The van der Waals surface area contributed by atoms with E-state index in [1.807, 2.05) is 18.2 Å². The highest BCUT2D eigenvalue weighted by Crippen LogP contribution is 2.31. The third kappa shape index (κ3) is 4.08. The number of nitrogens with one attached hydrogen (secondary N) is 1. The van der Waals surface area contributed by atoms with Gasteiger partial charge in [-0.2, -0.15) is 13.2 Å². The van der Waals surface area contributed by atoms with Crippen LogP contribution in [0.25, 0.3) is 0 Å². The quantitative estimate of drug-likeness (QED) is 0.877. The van der Waals surface area contributed by atoms with Crippen molar-refractivity contribution in [3.05, 3.63) is 71.3 Å². The molecule has 0 fully saturated rings. The Morgan fingerprint density at radius 1 is 1.00 bits per heavy atom. The highest BCUT2D eigenvalue weighted by molar-refractivity contribution is 5.29. The minimum absolute atomic E-state index is 0.0424. The average molecular weight is 309 g/mol. The summed E-state index contributed by atoms with van der Waals surface area (Å²) in [5.41, 5.74) is 0.248. The van der Waals surface area contributed by atoms with Gasteiger partial charge in [-0.25, -0.2) is 0 Å². The lowest BCUT2D eigenvalue weighted by molar-refractivity contribution is -0.138. The SMILES string of the molecule is C[C@H](NCc1ccccc1C(F)(F)F)[C@H](O)c1ccccc1. The highest BCUT2D eigenvalue weighted by atomic mass is 19.4. The third-order valence-corrected chi connectivity index (χ3v) is 3.55. The zero-order valence-electron chi connectivity index (χ0n) is 12.1. The topological polar surface area (TPSA) is 32.3 Å². The van der Waals surface area contributed by atoms with Gasteiger partial charge in [-0.05, 0) is 24.1 Å². The van der Waals surface area contributed by atoms with Gasteiger partial charge in [-0.1, -0.05) is 48.5 Å². The lowest BCUT2D eigenvalue weighted by Gasteiger charge is -2.22. The average Bonchev–Trinajstić information content (AvgIpc) is 2.52. The molecule has 0 spiro atoms. The smallest absolute Gasteiger partial charge is 0.387 e. The minimum Gasteiger partial charge on any atom is -0.387 e. The number of alkyl halides is 3. The van der Waals surface area contributed by atoms with E-state index in [4.69, 9.17) is 0 Å². The Morgan fingerprint density at radius 2 is 1.59 bits per heavy atom. The first kappa shape index (κ1) is 16.5. The van der Waals surface area contributed by atoms with Crippen LogP contribution in [-0.2, 0) is 12.7 Å². The molecule has 2 aromatic carbocycles. The van der Waals surface area contributed by atoms with Gasteiger partial charge in [0.05, 0.1) is 11.7 Å². The van der Waals surface area contributed by atoms with Crippen LogP contribution in [0.2, 0.25) is 0 Å². The molecule has 0 saturated heterocycles. The fourth-order valence-electron chi connectivity index (χ4n) is 2.27. The molecule has 0 aliphatic heterocycles. The molecule has 2 rings (SSSR count). The fourth-order valence-corrected chi connectivity index (χ4v) is 2.27. The van der Waals surface area contributed by atoms with Crippen LogP contribution in [0.3, 0.4) is 0 Å². The molecule has 118 valence electrons. The van der Waals surface area contributed by atoms with Crippen molar-refractivity contribution in [2.75, 3.05) is 0 Å². The molecular weight excluding hydrogens is 291 g/mol. The van der Waals surface area contributed by atoms with Crippen molar-refractivity contribution in [1.82, 2.24) is 5.32 Å². The molecule has 2 nitrogen and oxygen atoms in total. The first-order valence-corrected chi connectivity index (χ1v) is 7.01. The zero-order chi connectivity index (χ0) is 16.2. The van der Waals surface area contributed by atoms with Crippen LogP contribution in [0.1, 0.15) is 29.7 Å². The third-order valence-electron chi connectivity index (χ3n) is 3.55. The summed E-state index contributed by atoms with van der Waals surface area (Å²) in [6, 6.07) is 14.1. The molecule has 0 heterocycles. The minimum atomic E-state index is -4.38. The molecule has 2 aromatic rings. The predicted octanol–water partition coefficient (Wildman–Crippen LogP) is 3.92. The van der Waals surface area contributed by atoms with Gasteiger partial charge in [0.25, 0.3) is 0 Å². The van der Waals surface area contributed by atoms with E-state index in [9.17, 15) is 18.3 Å². The molecule has 0 amide bonds. The summed E-state index contributed by atoms with van der Waals surface area (Å²) < 4.78 is 38.8. The number of aliphatic hydroxyl groups is 1. The number of rotatable bonds is 5. The standard InChI is InChI=1S/C17H18F3NO/c1-12(16(22)13-7-3-2-4-8-13)21-11-14-9-5-6-10-15(14)17(18,19)20/h2-10,12,16,21-22H,11H2,1H3/t12-,16-/m0/s1. The van der Waals surface area contributed by atoms with Crippen LogP contribution in [0.15, 0.2) is 54.6 Å². The number of hydrogen-bond donors (Lipinski definition) is 2. The Kier molecular flexibility index (Phi) is 5.21. The van der Waals surface area contributed by atoms with Crippen molar-refractivity contribution in [2.45, 2.75) is 31.8 Å². The summed E-state index contributed by atoms with van der Waals surface area (Å²) in [6.07, 6.45) is -5.15. The molecule has 0 bridgehead atoms. The Morgan fingerprint density at radius 3 is 2.23 bits per heavy atom. The van der Waals surface area contributed by atoms with Crippen LogP contribution >= 0.6 is 0 Å². The Hall–Kier alpha value is -1.85. The van der Waals surface area contributed by atoms with Gasteiger partial charge in [0.2, 0.25) is 0 Å². The van der Waals surface area contributed by atoms with E-state index in [-0.39, 0.29) is 18.2 Å². The molecule has 22 heavy (non-hydrogen) atoms. The largest absolute Gasteiger partial charge is 0.416 e. The van der Waals surface area contributed by atoms with Gasteiger partial charge < -0.3 is 10.4 Å². The second kappa shape index (κ2) is 6.94. The second-order valence-electron chi connectivity index (χ2n) is 5.18. The first-order valence-electron chi connectivity index (χ1n) is 7.01. The summed E-state index contributed by atoms with van der Waals surface area (Å²) in [5.74, 6) is 0. The van der Waals surface area contributed by atoms with Crippen LogP contribution in [0.5, 0.6) is 0 Å². The van der Waals surface area contributed by atoms with Crippen molar-refractivity contribution < 1.29 is 18.3 Å². The lowest BCUT2D eigenvalue weighted by Crippen LogP contribution is -2.32. The highest BCUT2D eigenvalue weighted by Gasteiger charge is 2.32. The maximum atomic E-state index is 12.9. The zero-order valence-corrected chi connectivity index (χ0v) is 12.1. The number of halogens is 3. The van der Waals surface area contributed by atoms with Gasteiger partial charge in [0, 0.05) is 12.6 Å². The number of hydrogen-bond acceptors (Lipinski definition) is 2. The van der Waals surface area contributed by atoms with Gasteiger partial charge in [-0.15, -0.1) is 0 Å². The van der Waals surface area contributed by atoms with E-state index in [0.29, 0.717) is 0 Å². The molecule has 0 aromatic heterocycles. The maximum Gasteiger partial charge on any atom is 0.416 e. The van der Waals surface area contributed by atoms with Gasteiger partial charge >= 0.3 is 6.18 Å². The Bertz CT molecular complexity index is 598. The van der Waals surface area contributed by atoms with E-state index in [2.05, 4.69) is 5.32 Å². The van der Waals surface area contributed by atoms with E-state index in [1.165, 1.54) is 12.1 Å². The second-order valence-corrected chi connectivity index (χ2v) is 5.18. The fraction of sp³-hybridized carbons (Fsp3) is 0.294. The van der Waals surface area contributed by atoms with Crippen molar-refractivity contribution in [3.63, 3.8) is 0 Å². The number of benzene rings is 2. The molecule has 0 saturated carbocycles. The van der Waals surface area contributed by atoms with Crippen molar-refractivity contribution >= 4 is 0 Å². The van der Waals surface area contributed by atoms with E-state index < -0.39 is 17.8 Å². The molecular formula is C17H18F3NO. The normalized spacial score (nSPS) is 14.6. The van der Waals surface area contributed by atoms with Crippen molar-refractivity contribution in [2.24, 2.45) is 0 Å². The van der Waals surface area contributed by atoms with Crippen molar-refractivity contribution in [3.8, 4) is 0 Å². The van der Waals surface area contributed by atoms with Crippen LogP contribution in [0, 0.1) is 0 Å². The molecule has 0 aliphatic rings. The maximum absolute atomic E-state index is 12.9. The van der Waals surface area contributed by atoms with Gasteiger partial charge in [0.15, 0.2) is 0 Å². The predicted molar refractivity (Wildman–Crippen MR) is 79.1 cm³/mol. The monoisotopic (exact) mass is 309 g/mol. The molecule has 5 heteroatoms. The van der Waals surface area contributed by atoms with Gasteiger partial charge in [0.1, 0.15) is 0 Å². The summed E-state index contributed by atoms with van der Waals surface area (Å²) >= 11 is 0. The molecule has 0 radical (unpaired) electrons. The summed E-state index contributed by atoms with van der Waals surface area (Å²) in [4.78, 5) is 0. The van der Waals surface area contributed by atoms with E-state index in [0.717, 1.165) is 11.6 Å². The van der Waals surface area contributed by atoms with Crippen LogP contribution < -0.4 is 5.32 Å². The lowest BCUT2D eigenvalue weighted by atomic mass is 10.0. The molecule has 0 unspecified atom stereocenters. The Balaban J connectivity index is 2.04. The number of aliphatic hydroxyl groups excluding tert-OH is 1. The molecule has 0 aliphatic carbocycles. The molecule has 2 N–H and O–H groups in total. The van der Waals surface area contributed by atoms with Crippen LogP contribution in [-0.4, -0.2) is 11.1 Å². The van der Waals surface area contributed by atoms with E-state index in [1.54, 1.807) is 25.1 Å². The summed E-state index contributed by atoms with van der Waals surface area (Å²) in [5, 5.41) is 13.2. The molecule has 2 atom stereocenters. The Labute approximate surface area is 127 Å². The summed E-state index contributed by atoms with van der Waals surface area (Å²) in [7, 11) is 0. The van der Waals surface area contributed by atoms with Crippen LogP contribution in [0.4, 0.5) is 13.2 Å². The van der Waals surface area contributed by atoms with Gasteiger partial charge in [-0.3, -0.25) is 0 Å². The van der Waals surface area contributed by atoms with E-state index >= 15 is 0 Å². The summed E-state index contributed by atoms with van der Waals surface area (Å²) in [6.45, 7) is 1.79. The van der Waals surface area contributed by atoms with Crippen molar-refractivity contribution in [1.29, 1.82) is 0 Å².